The first kappa shape index (κ1) is 14.8. The van der Waals surface area contributed by atoms with Gasteiger partial charge in [0, 0.05) is 17.7 Å². The van der Waals surface area contributed by atoms with Crippen LogP contribution in [-0.2, 0) is 12.8 Å². The summed E-state index contributed by atoms with van der Waals surface area (Å²) in [5.74, 6) is 1.99. The number of fused-ring (bicyclic) bond motifs is 1. The average Bonchev–Trinajstić information content (AvgIpc) is 3.24. The first-order valence-electron chi connectivity index (χ1n) is 8.40. The summed E-state index contributed by atoms with van der Waals surface area (Å²) in [6, 6.07) is 16.6. The van der Waals surface area contributed by atoms with E-state index in [1.807, 2.05) is 12.1 Å². The molecule has 3 aromatic rings. The third kappa shape index (κ3) is 2.35. The van der Waals surface area contributed by atoms with E-state index in [1.54, 1.807) is 7.11 Å². The van der Waals surface area contributed by atoms with E-state index in [4.69, 9.17) is 9.84 Å². The molecule has 1 aromatic heterocycles. The standard InChI is InChI=1S/C20H21N3O/c1-3-14-6-4-5-7-18(14)23-20-17(12-13-21-20)19(22-23)15-8-10-16(24-2)11-9-15/h4-11,21H,3,12-13H2,1-2H3. The Balaban J connectivity index is 1.86. The van der Waals surface area contributed by atoms with Gasteiger partial charge in [0.1, 0.15) is 11.6 Å². The van der Waals surface area contributed by atoms with Gasteiger partial charge in [-0.3, -0.25) is 0 Å². The number of benzene rings is 2. The zero-order chi connectivity index (χ0) is 16.5. The second kappa shape index (κ2) is 6.04. The van der Waals surface area contributed by atoms with Crippen LogP contribution in [0.2, 0.25) is 0 Å². The fraction of sp³-hybridized carbons (Fsp3) is 0.250. The highest BCUT2D eigenvalue weighted by Gasteiger charge is 2.24. The van der Waals surface area contributed by atoms with Crippen LogP contribution in [0.5, 0.6) is 5.75 Å². The molecule has 0 saturated heterocycles. The Hall–Kier alpha value is -2.75. The van der Waals surface area contributed by atoms with Crippen molar-refractivity contribution in [1.82, 2.24) is 9.78 Å². The number of anilines is 1. The summed E-state index contributed by atoms with van der Waals surface area (Å²) in [7, 11) is 1.69. The van der Waals surface area contributed by atoms with Gasteiger partial charge >= 0.3 is 0 Å². The van der Waals surface area contributed by atoms with Gasteiger partial charge in [0.2, 0.25) is 0 Å². The molecule has 0 spiro atoms. The van der Waals surface area contributed by atoms with Crippen molar-refractivity contribution in [3.05, 3.63) is 59.7 Å². The molecule has 2 aromatic carbocycles. The quantitative estimate of drug-likeness (QED) is 0.787. The van der Waals surface area contributed by atoms with Gasteiger partial charge in [-0.25, -0.2) is 4.68 Å². The summed E-state index contributed by atoms with van der Waals surface area (Å²) < 4.78 is 7.33. The molecule has 0 unspecified atom stereocenters. The molecular formula is C20H21N3O. The molecule has 122 valence electrons. The van der Waals surface area contributed by atoms with Gasteiger partial charge in [-0.1, -0.05) is 25.1 Å². The smallest absolute Gasteiger partial charge is 0.133 e. The molecule has 2 heterocycles. The molecule has 0 radical (unpaired) electrons. The lowest BCUT2D eigenvalue weighted by atomic mass is 10.1. The topological polar surface area (TPSA) is 39.1 Å². The molecule has 4 heteroatoms. The maximum atomic E-state index is 5.26. The van der Waals surface area contributed by atoms with Crippen LogP contribution in [0.3, 0.4) is 0 Å². The molecule has 0 fully saturated rings. The van der Waals surface area contributed by atoms with Crippen molar-refractivity contribution in [1.29, 1.82) is 0 Å². The van der Waals surface area contributed by atoms with Crippen molar-refractivity contribution in [3.63, 3.8) is 0 Å². The molecule has 0 amide bonds. The predicted molar refractivity (Wildman–Crippen MR) is 97.1 cm³/mol. The molecule has 24 heavy (non-hydrogen) atoms. The van der Waals surface area contributed by atoms with Gasteiger partial charge in [-0.2, -0.15) is 5.10 Å². The lowest BCUT2D eigenvalue weighted by Gasteiger charge is -2.10. The van der Waals surface area contributed by atoms with Crippen LogP contribution in [0.15, 0.2) is 48.5 Å². The van der Waals surface area contributed by atoms with Gasteiger partial charge in [0.15, 0.2) is 0 Å². The number of hydrogen-bond donors (Lipinski definition) is 1. The number of aromatic nitrogens is 2. The molecule has 0 bridgehead atoms. The summed E-state index contributed by atoms with van der Waals surface area (Å²) in [5, 5.41) is 8.46. The Morgan fingerprint density at radius 1 is 1.12 bits per heavy atom. The van der Waals surface area contributed by atoms with Gasteiger partial charge in [-0.05, 0) is 48.7 Å². The van der Waals surface area contributed by atoms with Crippen LogP contribution >= 0.6 is 0 Å². The fourth-order valence-corrected chi connectivity index (χ4v) is 3.35. The highest BCUT2D eigenvalue weighted by atomic mass is 16.5. The van der Waals surface area contributed by atoms with Crippen molar-refractivity contribution >= 4 is 5.82 Å². The fourth-order valence-electron chi connectivity index (χ4n) is 3.35. The Labute approximate surface area is 142 Å². The second-order valence-electron chi connectivity index (χ2n) is 5.98. The monoisotopic (exact) mass is 319 g/mol. The summed E-state index contributed by atoms with van der Waals surface area (Å²) in [4.78, 5) is 0. The van der Waals surface area contributed by atoms with Crippen molar-refractivity contribution < 1.29 is 4.74 Å². The molecule has 4 rings (SSSR count). The molecular weight excluding hydrogens is 298 g/mol. The molecule has 4 nitrogen and oxygen atoms in total. The molecule has 1 N–H and O–H groups in total. The van der Waals surface area contributed by atoms with E-state index in [0.717, 1.165) is 47.9 Å². The number of para-hydroxylation sites is 1. The summed E-state index contributed by atoms with van der Waals surface area (Å²) in [5.41, 5.74) is 5.95. The zero-order valence-electron chi connectivity index (χ0n) is 14.0. The van der Waals surface area contributed by atoms with Gasteiger partial charge in [0.05, 0.1) is 18.5 Å². The van der Waals surface area contributed by atoms with Crippen LogP contribution < -0.4 is 10.1 Å². The minimum Gasteiger partial charge on any atom is -0.497 e. The van der Waals surface area contributed by atoms with Crippen LogP contribution in [0.25, 0.3) is 16.9 Å². The Bertz CT molecular complexity index is 865. The molecule has 0 saturated carbocycles. The van der Waals surface area contributed by atoms with Crippen LogP contribution in [-0.4, -0.2) is 23.4 Å². The zero-order valence-corrected chi connectivity index (χ0v) is 14.0. The van der Waals surface area contributed by atoms with Gasteiger partial charge < -0.3 is 10.1 Å². The summed E-state index contributed by atoms with van der Waals surface area (Å²) in [6.45, 7) is 3.14. The van der Waals surface area contributed by atoms with E-state index in [-0.39, 0.29) is 0 Å². The van der Waals surface area contributed by atoms with Gasteiger partial charge in [0.25, 0.3) is 0 Å². The Kier molecular flexibility index (Phi) is 3.73. The van der Waals surface area contributed by atoms with Crippen LogP contribution in [0.4, 0.5) is 5.82 Å². The van der Waals surface area contributed by atoms with E-state index >= 15 is 0 Å². The normalized spacial score (nSPS) is 12.8. The SMILES string of the molecule is CCc1ccccc1-n1nc(-c2ccc(OC)cc2)c2c1NCC2. The van der Waals surface area contributed by atoms with E-state index in [2.05, 4.69) is 53.3 Å². The van der Waals surface area contributed by atoms with E-state index in [0.29, 0.717) is 0 Å². The third-order valence-corrected chi connectivity index (χ3v) is 4.62. The number of ether oxygens (including phenoxy) is 1. The maximum absolute atomic E-state index is 5.26. The first-order chi connectivity index (χ1) is 11.8. The van der Waals surface area contributed by atoms with Crippen molar-refractivity contribution in [3.8, 4) is 22.7 Å². The van der Waals surface area contributed by atoms with E-state index in [1.165, 1.54) is 11.1 Å². The number of nitrogens with one attached hydrogen (secondary N) is 1. The van der Waals surface area contributed by atoms with Crippen molar-refractivity contribution in [2.45, 2.75) is 19.8 Å². The summed E-state index contributed by atoms with van der Waals surface area (Å²) >= 11 is 0. The molecule has 1 aliphatic heterocycles. The van der Waals surface area contributed by atoms with Crippen molar-refractivity contribution in [2.75, 3.05) is 19.0 Å². The second-order valence-corrected chi connectivity index (χ2v) is 5.98. The highest BCUT2D eigenvalue weighted by Crippen LogP contribution is 2.35. The largest absolute Gasteiger partial charge is 0.497 e. The predicted octanol–water partition coefficient (Wildman–Crippen LogP) is 4.08. The Morgan fingerprint density at radius 2 is 1.92 bits per heavy atom. The molecule has 1 aliphatic rings. The first-order valence-corrected chi connectivity index (χ1v) is 8.40. The van der Waals surface area contributed by atoms with Crippen LogP contribution in [0, 0.1) is 0 Å². The van der Waals surface area contributed by atoms with Gasteiger partial charge in [-0.15, -0.1) is 0 Å². The number of methoxy groups -OCH3 is 1. The summed E-state index contributed by atoms with van der Waals surface area (Å²) in [6.07, 6.45) is 1.99. The maximum Gasteiger partial charge on any atom is 0.133 e. The number of nitrogens with zero attached hydrogens (tertiary/aromatic N) is 2. The molecule has 0 atom stereocenters. The number of hydrogen-bond acceptors (Lipinski definition) is 3. The molecule has 0 aliphatic carbocycles. The number of rotatable bonds is 4. The minimum absolute atomic E-state index is 0.865. The van der Waals surface area contributed by atoms with E-state index < -0.39 is 0 Å². The highest BCUT2D eigenvalue weighted by molar-refractivity contribution is 5.73. The van der Waals surface area contributed by atoms with Crippen LogP contribution in [0.1, 0.15) is 18.1 Å². The minimum atomic E-state index is 0.865. The third-order valence-electron chi connectivity index (χ3n) is 4.62. The Morgan fingerprint density at radius 3 is 2.67 bits per heavy atom. The van der Waals surface area contributed by atoms with E-state index in [9.17, 15) is 0 Å². The number of aryl methyl sites for hydroxylation is 1. The average molecular weight is 319 g/mol. The lowest BCUT2D eigenvalue weighted by molar-refractivity contribution is 0.415. The lowest BCUT2D eigenvalue weighted by Crippen LogP contribution is -2.06. The van der Waals surface area contributed by atoms with Crippen molar-refractivity contribution in [2.24, 2.45) is 0 Å².